The van der Waals surface area contributed by atoms with Crippen molar-refractivity contribution in [3.05, 3.63) is 66.6 Å². The Bertz CT molecular complexity index is 746. The zero-order valence-corrected chi connectivity index (χ0v) is 10.7. The molecule has 0 fully saturated rings. The summed E-state index contributed by atoms with van der Waals surface area (Å²) in [7, 11) is 0. The third-order valence-corrected chi connectivity index (χ3v) is 2.98. The molecule has 98 valence electrons. The lowest BCUT2D eigenvalue weighted by atomic mass is 10.2. The van der Waals surface area contributed by atoms with Gasteiger partial charge in [0.25, 0.3) is 0 Å². The summed E-state index contributed by atoms with van der Waals surface area (Å²) in [5.74, 6) is 1.36. The lowest BCUT2D eigenvalue weighted by Crippen LogP contribution is -2.16. The van der Waals surface area contributed by atoms with Gasteiger partial charge in [-0.2, -0.15) is 0 Å². The molecule has 0 amide bonds. The summed E-state index contributed by atoms with van der Waals surface area (Å²) in [5, 5.41) is 7.66. The first kappa shape index (κ1) is 12.1. The van der Waals surface area contributed by atoms with Crippen LogP contribution in [0.1, 0.15) is 5.56 Å². The van der Waals surface area contributed by atoms with Gasteiger partial charge in [0.2, 0.25) is 0 Å². The van der Waals surface area contributed by atoms with Gasteiger partial charge in [0.1, 0.15) is 17.5 Å². The first-order valence-electron chi connectivity index (χ1n) is 6.16. The minimum Gasteiger partial charge on any atom is -0.384 e. The summed E-state index contributed by atoms with van der Waals surface area (Å²) in [6.45, 7) is 0. The van der Waals surface area contributed by atoms with Gasteiger partial charge in [-0.05, 0) is 12.1 Å². The van der Waals surface area contributed by atoms with E-state index >= 15 is 0 Å². The molecule has 3 rings (SSSR count). The number of nitrogens with two attached hydrogens (primary N) is 1. The lowest BCUT2D eigenvalue weighted by molar-refractivity contribution is 0.996. The van der Waals surface area contributed by atoms with Crippen LogP contribution in [0.4, 0.5) is 0 Å². The largest absolute Gasteiger partial charge is 0.384 e. The van der Waals surface area contributed by atoms with E-state index in [1.54, 1.807) is 24.5 Å². The quantitative estimate of drug-likeness (QED) is 0.561. The normalized spacial score (nSPS) is 10.4. The molecule has 0 bridgehead atoms. The van der Waals surface area contributed by atoms with Gasteiger partial charge in [-0.3, -0.25) is 9.98 Å². The Morgan fingerprint density at radius 2 is 1.80 bits per heavy atom. The van der Waals surface area contributed by atoms with Gasteiger partial charge in [0, 0.05) is 24.2 Å². The minimum absolute atomic E-state index is 0.0131. The number of hydrogen-bond acceptors (Lipinski definition) is 3. The Balaban J connectivity index is 2.18. The Hall–Kier alpha value is -2.95. The van der Waals surface area contributed by atoms with E-state index in [-0.39, 0.29) is 5.84 Å². The van der Waals surface area contributed by atoms with E-state index in [0.717, 1.165) is 11.4 Å². The van der Waals surface area contributed by atoms with Crippen LogP contribution < -0.4 is 5.73 Å². The first-order chi connectivity index (χ1) is 9.77. The zero-order chi connectivity index (χ0) is 13.9. The topological polar surface area (TPSA) is 80.6 Å². The average Bonchev–Trinajstić information content (AvgIpc) is 2.97. The highest BCUT2D eigenvalue weighted by atomic mass is 15.1. The van der Waals surface area contributed by atoms with Crippen molar-refractivity contribution in [3.63, 3.8) is 0 Å². The summed E-state index contributed by atoms with van der Waals surface area (Å²) >= 11 is 0. The molecule has 0 aliphatic heterocycles. The van der Waals surface area contributed by atoms with Crippen molar-refractivity contribution in [1.29, 1.82) is 5.41 Å². The van der Waals surface area contributed by atoms with Crippen molar-refractivity contribution in [1.82, 2.24) is 14.5 Å². The molecular weight excluding hydrogens is 250 g/mol. The van der Waals surface area contributed by atoms with Crippen LogP contribution in [0.2, 0.25) is 0 Å². The molecule has 2 aromatic heterocycles. The number of benzene rings is 1. The summed E-state index contributed by atoms with van der Waals surface area (Å²) in [4.78, 5) is 8.71. The Labute approximate surface area is 116 Å². The second-order valence-electron chi connectivity index (χ2n) is 4.28. The second kappa shape index (κ2) is 4.97. The molecule has 2 heterocycles. The molecule has 20 heavy (non-hydrogen) atoms. The predicted molar refractivity (Wildman–Crippen MR) is 77.8 cm³/mol. The number of rotatable bonds is 3. The Morgan fingerprint density at radius 1 is 1.00 bits per heavy atom. The smallest absolute Gasteiger partial charge is 0.149 e. The summed E-state index contributed by atoms with van der Waals surface area (Å²) in [6.07, 6.45) is 5.20. The summed E-state index contributed by atoms with van der Waals surface area (Å²) in [5.41, 5.74) is 7.19. The van der Waals surface area contributed by atoms with Crippen LogP contribution in [0.5, 0.6) is 0 Å². The number of nitrogen functional groups attached to an aromatic ring is 1. The highest BCUT2D eigenvalue weighted by Crippen LogP contribution is 2.21. The number of amidine groups is 1. The number of nitrogens with zero attached hydrogens (tertiary/aromatic N) is 3. The molecule has 5 heteroatoms. The number of hydrogen-bond donors (Lipinski definition) is 2. The van der Waals surface area contributed by atoms with Crippen LogP contribution in [0.25, 0.3) is 17.2 Å². The molecule has 0 aliphatic rings. The van der Waals surface area contributed by atoms with E-state index in [1.807, 2.05) is 41.1 Å². The number of pyridine rings is 1. The highest BCUT2D eigenvalue weighted by Gasteiger charge is 2.13. The SMILES string of the molecule is N=C(N)c1cccnc1-n1ccnc1-c1ccccc1. The second-order valence-corrected chi connectivity index (χ2v) is 4.28. The van der Waals surface area contributed by atoms with Gasteiger partial charge < -0.3 is 5.73 Å². The fourth-order valence-corrected chi connectivity index (χ4v) is 2.07. The molecule has 0 atom stereocenters. The minimum atomic E-state index is -0.0131. The van der Waals surface area contributed by atoms with Crippen molar-refractivity contribution in [3.8, 4) is 17.2 Å². The number of imidazole rings is 1. The Kier molecular flexibility index (Phi) is 3.01. The van der Waals surface area contributed by atoms with Crippen LogP contribution in [0, 0.1) is 5.41 Å². The van der Waals surface area contributed by atoms with E-state index in [1.165, 1.54) is 0 Å². The van der Waals surface area contributed by atoms with E-state index in [9.17, 15) is 0 Å². The summed E-state index contributed by atoms with van der Waals surface area (Å²) in [6, 6.07) is 13.4. The van der Waals surface area contributed by atoms with Gasteiger partial charge in [-0.15, -0.1) is 0 Å². The molecule has 0 radical (unpaired) electrons. The van der Waals surface area contributed by atoms with Gasteiger partial charge in [-0.25, -0.2) is 9.97 Å². The molecular formula is C15H13N5. The fraction of sp³-hybridized carbons (Fsp3) is 0. The van der Waals surface area contributed by atoms with Crippen LogP contribution >= 0.6 is 0 Å². The van der Waals surface area contributed by atoms with Crippen molar-refractivity contribution in [2.24, 2.45) is 5.73 Å². The fourth-order valence-electron chi connectivity index (χ4n) is 2.07. The van der Waals surface area contributed by atoms with E-state index in [2.05, 4.69) is 9.97 Å². The van der Waals surface area contributed by atoms with Crippen molar-refractivity contribution < 1.29 is 0 Å². The zero-order valence-electron chi connectivity index (χ0n) is 10.7. The number of nitrogens with one attached hydrogen (secondary N) is 1. The van der Waals surface area contributed by atoms with E-state index in [0.29, 0.717) is 11.4 Å². The maximum Gasteiger partial charge on any atom is 0.149 e. The summed E-state index contributed by atoms with van der Waals surface area (Å²) < 4.78 is 1.84. The van der Waals surface area contributed by atoms with E-state index in [4.69, 9.17) is 11.1 Å². The molecule has 3 aromatic rings. The first-order valence-corrected chi connectivity index (χ1v) is 6.16. The molecule has 5 nitrogen and oxygen atoms in total. The molecule has 0 aliphatic carbocycles. The van der Waals surface area contributed by atoms with Crippen LogP contribution in [-0.2, 0) is 0 Å². The molecule has 0 spiro atoms. The van der Waals surface area contributed by atoms with Crippen molar-refractivity contribution in [2.45, 2.75) is 0 Å². The molecule has 0 saturated heterocycles. The van der Waals surface area contributed by atoms with Crippen LogP contribution in [-0.4, -0.2) is 20.4 Å². The van der Waals surface area contributed by atoms with Crippen LogP contribution in [0.3, 0.4) is 0 Å². The molecule has 1 aromatic carbocycles. The highest BCUT2D eigenvalue weighted by molar-refractivity contribution is 5.97. The average molecular weight is 263 g/mol. The van der Waals surface area contributed by atoms with Gasteiger partial charge in [0.05, 0.1) is 5.56 Å². The monoisotopic (exact) mass is 263 g/mol. The van der Waals surface area contributed by atoms with Gasteiger partial charge >= 0.3 is 0 Å². The standard InChI is InChI=1S/C15H13N5/c16-13(17)12-7-4-8-18-15(12)20-10-9-19-14(20)11-5-2-1-3-6-11/h1-10H,(H3,16,17). The van der Waals surface area contributed by atoms with Crippen molar-refractivity contribution in [2.75, 3.05) is 0 Å². The molecule has 3 N–H and O–H groups in total. The maximum absolute atomic E-state index is 7.66. The van der Waals surface area contributed by atoms with Gasteiger partial charge in [0.15, 0.2) is 0 Å². The van der Waals surface area contributed by atoms with Crippen molar-refractivity contribution >= 4 is 5.84 Å². The molecule has 0 unspecified atom stereocenters. The van der Waals surface area contributed by atoms with E-state index < -0.39 is 0 Å². The third-order valence-electron chi connectivity index (χ3n) is 2.98. The predicted octanol–water partition coefficient (Wildman–Crippen LogP) is 2.22. The molecule has 0 saturated carbocycles. The third kappa shape index (κ3) is 2.05. The Morgan fingerprint density at radius 3 is 2.55 bits per heavy atom. The number of aromatic nitrogens is 3. The van der Waals surface area contributed by atoms with Gasteiger partial charge in [-0.1, -0.05) is 30.3 Å². The maximum atomic E-state index is 7.66. The van der Waals surface area contributed by atoms with Crippen LogP contribution in [0.15, 0.2) is 61.1 Å². The lowest BCUT2D eigenvalue weighted by Gasteiger charge is -2.10.